The predicted molar refractivity (Wildman–Crippen MR) is 55.3 cm³/mol. The number of carboxylic acid groups (broad SMARTS) is 1. The molecule has 0 spiro atoms. The normalized spacial score (nSPS) is 10.4. The lowest BCUT2D eigenvalue weighted by atomic mass is 10.0. The van der Waals surface area contributed by atoms with Crippen LogP contribution in [0.3, 0.4) is 0 Å². The molecule has 0 aromatic heterocycles. The van der Waals surface area contributed by atoms with Crippen molar-refractivity contribution in [2.24, 2.45) is 5.73 Å². The van der Waals surface area contributed by atoms with E-state index >= 15 is 0 Å². The quantitative estimate of drug-likeness (QED) is 0.758. The molecule has 16 heavy (non-hydrogen) atoms. The molecule has 88 valence electrons. The highest BCUT2D eigenvalue weighted by Gasteiger charge is 2.17. The second-order valence-electron chi connectivity index (χ2n) is 3.45. The van der Waals surface area contributed by atoms with E-state index in [2.05, 4.69) is 0 Å². The summed E-state index contributed by atoms with van der Waals surface area (Å²) in [5, 5.41) is 8.57. The lowest BCUT2D eigenvalue weighted by Gasteiger charge is -2.05. The number of unbranched alkanes of at least 4 members (excludes halogenated alkanes) is 1. The third-order valence-electron chi connectivity index (χ3n) is 2.29. The van der Waals surface area contributed by atoms with Crippen LogP contribution in [0, 0.1) is 11.6 Å². The second-order valence-corrected chi connectivity index (χ2v) is 3.45. The second kappa shape index (κ2) is 5.55. The third-order valence-corrected chi connectivity index (χ3v) is 2.29. The van der Waals surface area contributed by atoms with Crippen molar-refractivity contribution in [2.45, 2.75) is 19.3 Å². The average Bonchev–Trinajstić information content (AvgIpc) is 2.24. The van der Waals surface area contributed by atoms with E-state index in [1.807, 2.05) is 0 Å². The summed E-state index contributed by atoms with van der Waals surface area (Å²) in [5.74, 6) is -3.83. The fraction of sp³-hybridized carbons (Fsp3) is 0.364. The molecule has 5 heteroatoms. The van der Waals surface area contributed by atoms with Gasteiger partial charge in [-0.05, 0) is 37.4 Å². The number of nitrogens with two attached hydrogens (primary N) is 1. The van der Waals surface area contributed by atoms with Crippen molar-refractivity contribution >= 4 is 5.97 Å². The van der Waals surface area contributed by atoms with Crippen LogP contribution in [0.2, 0.25) is 0 Å². The van der Waals surface area contributed by atoms with E-state index in [0.717, 1.165) is 12.5 Å². The number of benzene rings is 1. The number of halogens is 2. The highest BCUT2D eigenvalue weighted by molar-refractivity contribution is 5.88. The fourth-order valence-corrected chi connectivity index (χ4v) is 1.41. The van der Waals surface area contributed by atoms with Crippen molar-refractivity contribution in [3.63, 3.8) is 0 Å². The molecule has 0 atom stereocenters. The topological polar surface area (TPSA) is 63.3 Å². The number of hydrogen-bond donors (Lipinski definition) is 2. The first-order valence-corrected chi connectivity index (χ1v) is 4.98. The zero-order valence-corrected chi connectivity index (χ0v) is 8.67. The van der Waals surface area contributed by atoms with Crippen LogP contribution >= 0.6 is 0 Å². The molecule has 0 fully saturated rings. The standard InChI is InChI=1S/C11H13F2NO2/c12-9-7(3-1-2-6-14)4-5-8(10(9)13)11(15)16/h4-5H,1-3,6,14H2,(H,15,16). The van der Waals surface area contributed by atoms with Crippen molar-refractivity contribution < 1.29 is 18.7 Å². The number of rotatable bonds is 5. The molecular weight excluding hydrogens is 216 g/mol. The molecule has 1 aromatic carbocycles. The Morgan fingerprint density at radius 2 is 1.94 bits per heavy atom. The average molecular weight is 229 g/mol. The van der Waals surface area contributed by atoms with Crippen LogP contribution in [0.25, 0.3) is 0 Å². The minimum atomic E-state index is -1.47. The molecule has 3 N–H and O–H groups in total. The van der Waals surface area contributed by atoms with Gasteiger partial charge in [0.05, 0.1) is 5.56 Å². The van der Waals surface area contributed by atoms with Gasteiger partial charge in [-0.3, -0.25) is 0 Å². The van der Waals surface area contributed by atoms with Gasteiger partial charge in [-0.25, -0.2) is 13.6 Å². The first kappa shape index (κ1) is 12.6. The molecule has 0 aliphatic carbocycles. The summed E-state index contributed by atoms with van der Waals surface area (Å²) >= 11 is 0. The van der Waals surface area contributed by atoms with Gasteiger partial charge in [0.1, 0.15) is 0 Å². The Bertz CT molecular complexity index is 394. The largest absolute Gasteiger partial charge is 0.478 e. The minimum Gasteiger partial charge on any atom is -0.478 e. The SMILES string of the molecule is NCCCCc1ccc(C(=O)O)c(F)c1F. The van der Waals surface area contributed by atoms with E-state index in [9.17, 15) is 13.6 Å². The van der Waals surface area contributed by atoms with Gasteiger partial charge in [-0.2, -0.15) is 0 Å². The van der Waals surface area contributed by atoms with Crippen molar-refractivity contribution in [1.82, 2.24) is 0 Å². The molecule has 0 bridgehead atoms. The monoisotopic (exact) mass is 229 g/mol. The maximum absolute atomic E-state index is 13.4. The highest BCUT2D eigenvalue weighted by atomic mass is 19.2. The Balaban J connectivity index is 2.89. The van der Waals surface area contributed by atoms with E-state index in [-0.39, 0.29) is 5.56 Å². The fourth-order valence-electron chi connectivity index (χ4n) is 1.41. The summed E-state index contributed by atoms with van der Waals surface area (Å²) in [6.45, 7) is 0.497. The van der Waals surface area contributed by atoms with Crippen molar-refractivity contribution in [1.29, 1.82) is 0 Å². The van der Waals surface area contributed by atoms with Crippen LogP contribution in [0.5, 0.6) is 0 Å². The lowest BCUT2D eigenvalue weighted by Crippen LogP contribution is -2.06. The van der Waals surface area contributed by atoms with Gasteiger partial charge in [0.25, 0.3) is 0 Å². The van der Waals surface area contributed by atoms with Crippen LogP contribution in [-0.2, 0) is 6.42 Å². The Morgan fingerprint density at radius 1 is 1.25 bits per heavy atom. The molecule has 0 unspecified atom stereocenters. The van der Waals surface area contributed by atoms with E-state index in [1.54, 1.807) is 0 Å². The van der Waals surface area contributed by atoms with Crippen molar-refractivity contribution in [3.05, 3.63) is 34.9 Å². The smallest absolute Gasteiger partial charge is 0.338 e. The minimum absolute atomic E-state index is 0.191. The summed E-state index contributed by atoms with van der Waals surface area (Å²) in [6, 6.07) is 2.39. The molecule has 0 heterocycles. The molecule has 0 saturated carbocycles. The summed E-state index contributed by atoms with van der Waals surface area (Å²) in [5.41, 5.74) is 4.83. The summed E-state index contributed by atoms with van der Waals surface area (Å²) < 4.78 is 26.6. The van der Waals surface area contributed by atoms with Gasteiger partial charge in [-0.1, -0.05) is 6.07 Å². The maximum Gasteiger partial charge on any atom is 0.338 e. The summed E-state index contributed by atoms with van der Waals surface area (Å²) in [6.07, 6.45) is 1.74. The van der Waals surface area contributed by atoms with Crippen LogP contribution in [0.1, 0.15) is 28.8 Å². The van der Waals surface area contributed by atoms with Gasteiger partial charge >= 0.3 is 5.97 Å². The van der Waals surface area contributed by atoms with Crippen LogP contribution in [-0.4, -0.2) is 17.6 Å². The maximum atomic E-state index is 13.4. The van der Waals surface area contributed by atoms with E-state index in [0.29, 0.717) is 19.4 Å². The third kappa shape index (κ3) is 2.76. The number of carboxylic acids is 1. The van der Waals surface area contributed by atoms with Gasteiger partial charge < -0.3 is 10.8 Å². The number of carbonyl (C=O) groups is 1. The molecular formula is C11H13F2NO2. The highest BCUT2D eigenvalue weighted by Crippen LogP contribution is 2.18. The molecule has 0 saturated heterocycles. The summed E-state index contributed by atoms with van der Waals surface area (Å²) in [7, 11) is 0. The Hall–Kier alpha value is -1.49. The molecule has 1 aromatic rings. The number of aromatic carboxylic acids is 1. The first-order valence-electron chi connectivity index (χ1n) is 4.98. The molecule has 0 aliphatic heterocycles. The number of aryl methyl sites for hydroxylation is 1. The van der Waals surface area contributed by atoms with Crippen LogP contribution in [0.4, 0.5) is 8.78 Å². The van der Waals surface area contributed by atoms with Crippen LogP contribution < -0.4 is 5.73 Å². The molecule has 3 nitrogen and oxygen atoms in total. The Morgan fingerprint density at radius 3 is 2.50 bits per heavy atom. The first-order chi connectivity index (χ1) is 7.57. The number of hydrogen-bond acceptors (Lipinski definition) is 2. The molecule has 1 rings (SSSR count). The van der Waals surface area contributed by atoms with E-state index < -0.39 is 23.2 Å². The molecule has 0 radical (unpaired) electrons. The van der Waals surface area contributed by atoms with Gasteiger partial charge in [-0.15, -0.1) is 0 Å². The summed E-state index contributed by atoms with van der Waals surface area (Å²) in [4.78, 5) is 10.5. The van der Waals surface area contributed by atoms with E-state index in [4.69, 9.17) is 10.8 Å². The van der Waals surface area contributed by atoms with Gasteiger partial charge in [0.2, 0.25) is 0 Å². The van der Waals surface area contributed by atoms with Gasteiger partial charge in [0.15, 0.2) is 11.6 Å². The zero-order valence-electron chi connectivity index (χ0n) is 8.67. The van der Waals surface area contributed by atoms with Crippen molar-refractivity contribution in [3.8, 4) is 0 Å². The van der Waals surface area contributed by atoms with Crippen molar-refractivity contribution in [2.75, 3.05) is 6.54 Å². The van der Waals surface area contributed by atoms with E-state index in [1.165, 1.54) is 6.07 Å². The lowest BCUT2D eigenvalue weighted by molar-refractivity contribution is 0.0690. The Labute approximate surface area is 91.9 Å². The van der Waals surface area contributed by atoms with Gasteiger partial charge in [0, 0.05) is 0 Å². The molecule has 0 amide bonds. The Kier molecular flexibility index (Phi) is 4.37. The predicted octanol–water partition coefficient (Wildman–Crippen LogP) is 1.94. The van der Waals surface area contributed by atoms with Crippen LogP contribution in [0.15, 0.2) is 12.1 Å². The zero-order chi connectivity index (χ0) is 12.1. The molecule has 0 aliphatic rings.